The summed E-state index contributed by atoms with van der Waals surface area (Å²) in [5.74, 6) is 0.181. The SMILES string of the molecule is CN(C)C(=O)COc1ccc(-c2cnc3ccc(-c4cn(C(c5ccccc5)(c5ccccc5)c5ccccc5)nc4-c4ccc(F)cc4)cn23)cc1. The molecule has 8 aromatic rings. The summed E-state index contributed by atoms with van der Waals surface area (Å²) in [6.45, 7) is -0.0322. The van der Waals surface area contributed by atoms with Gasteiger partial charge in [-0.2, -0.15) is 5.10 Å². The average molecular weight is 698 g/mol. The monoisotopic (exact) mass is 697 g/mol. The Hall–Kier alpha value is -6.80. The van der Waals surface area contributed by atoms with E-state index in [1.807, 2.05) is 54.7 Å². The number of likely N-dealkylation sites (N-methyl/N-ethyl adjacent to an activating group) is 1. The van der Waals surface area contributed by atoms with Crippen LogP contribution in [-0.2, 0) is 10.3 Å². The molecule has 0 fully saturated rings. The summed E-state index contributed by atoms with van der Waals surface area (Å²) in [4.78, 5) is 18.2. The van der Waals surface area contributed by atoms with Crippen LogP contribution in [0.5, 0.6) is 5.75 Å². The van der Waals surface area contributed by atoms with Crippen LogP contribution in [0.25, 0.3) is 39.3 Å². The van der Waals surface area contributed by atoms with Gasteiger partial charge in [0.1, 0.15) is 28.4 Å². The fourth-order valence-electron chi connectivity index (χ4n) is 6.86. The number of hydrogen-bond donors (Lipinski definition) is 0. The summed E-state index contributed by atoms with van der Waals surface area (Å²) in [6, 6.07) is 49.4. The molecular formula is C45H36FN5O2. The highest BCUT2D eigenvalue weighted by Gasteiger charge is 2.40. The van der Waals surface area contributed by atoms with Crippen molar-refractivity contribution < 1.29 is 13.9 Å². The predicted molar refractivity (Wildman–Crippen MR) is 206 cm³/mol. The van der Waals surface area contributed by atoms with Gasteiger partial charge in [0.15, 0.2) is 6.61 Å². The van der Waals surface area contributed by atoms with E-state index in [9.17, 15) is 9.18 Å². The van der Waals surface area contributed by atoms with Crippen molar-refractivity contribution in [3.8, 4) is 39.4 Å². The number of hydrogen-bond acceptors (Lipinski definition) is 4. The fourth-order valence-corrected chi connectivity index (χ4v) is 6.86. The molecule has 0 aliphatic rings. The number of ether oxygens (including phenoxy) is 1. The van der Waals surface area contributed by atoms with Crippen LogP contribution >= 0.6 is 0 Å². The Morgan fingerprint density at radius 2 is 1.23 bits per heavy atom. The lowest BCUT2D eigenvalue weighted by atomic mass is 9.77. The summed E-state index contributed by atoms with van der Waals surface area (Å²) in [5, 5.41) is 5.42. The molecule has 5 aromatic carbocycles. The van der Waals surface area contributed by atoms with Crippen molar-refractivity contribution in [2.24, 2.45) is 0 Å². The highest BCUT2D eigenvalue weighted by atomic mass is 19.1. The molecule has 0 N–H and O–H groups in total. The maximum absolute atomic E-state index is 14.3. The topological polar surface area (TPSA) is 64.7 Å². The molecule has 3 aromatic heterocycles. The highest BCUT2D eigenvalue weighted by molar-refractivity contribution is 5.82. The van der Waals surface area contributed by atoms with Crippen molar-refractivity contribution in [1.82, 2.24) is 24.1 Å². The zero-order chi connectivity index (χ0) is 36.4. The number of rotatable bonds is 10. The number of fused-ring (bicyclic) bond motifs is 1. The summed E-state index contributed by atoms with van der Waals surface area (Å²) in [5.41, 5.74) is 8.18. The first-order valence-corrected chi connectivity index (χ1v) is 17.4. The number of imidazole rings is 1. The molecule has 0 bridgehead atoms. The molecule has 7 nitrogen and oxygen atoms in total. The minimum absolute atomic E-state index is 0.0322. The van der Waals surface area contributed by atoms with E-state index < -0.39 is 5.54 Å². The Kier molecular flexibility index (Phi) is 8.86. The molecule has 8 rings (SSSR count). The smallest absolute Gasteiger partial charge is 0.259 e. The average Bonchev–Trinajstić information content (AvgIpc) is 3.84. The Balaban J connectivity index is 1.31. The number of carbonyl (C=O) groups excluding carboxylic acids is 1. The van der Waals surface area contributed by atoms with Crippen molar-refractivity contribution in [2.45, 2.75) is 5.54 Å². The third-order valence-electron chi connectivity index (χ3n) is 9.58. The molecule has 8 heteroatoms. The zero-order valence-electron chi connectivity index (χ0n) is 29.3. The third kappa shape index (κ3) is 6.25. The number of aromatic nitrogens is 4. The van der Waals surface area contributed by atoms with Crippen LogP contribution < -0.4 is 4.74 Å². The van der Waals surface area contributed by atoms with Gasteiger partial charge in [-0.1, -0.05) is 91.0 Å². The van der Waals surface area contributed by atoms with Crippen molar-refractivity contribution >= 4 is 11.6 Å². The zero-order valence-corrected chi connectivity index (χ0v) is 29.3. The van der Waals surface area contributed by atoms with Crippen molar-refractivity contribution in [2.75, 3.05) is 20.7 Å². The second-order valence-electron chi connectivity index (χ2n) is 13.0. The molecule has 0 aliphatic carbocycles. The molecule has 260 valence electrons. The van der Waals surface area contributed by atoms with E-state index in [4.69, 9.17) is 14.8 Å². The van der Waals surface area contributed by atoms with Crippen LogP contribution in [-0.4, -0.2) is 50.7 Å². The molecule has 0 saturated heterocycles. The van der Waals surface area contributed by atoms with Gasteiger partial charge in [0.2, 0.25) is 0 Å². The quantitative estimate of drug-likeness (QED) is 0.134. The standard InChI is InChI=1S/C45H36FN5O2/c1-49(2)43(52)31-53-39-25-20-32(21-26-39)41-28-47-42-27-22-34(29-50(41)42)40-30-51(48-44(40)33-18-23-38(46)24-19-33)45(35-12-6-3-7-13-35,36-14-8-4-9-15-36)37-16-10-5-11-17-37/h3-30H,31H2,1-2H3. The van der Waals surface area contributed by atoms with E-state index in [-0.39, 0.29) is 18.3 Å². The maximum Gasteiger partial charge on any atom is 0.259 e. The van der Waals surface area contributed by atoms with Crippen molar-refractivity contribution in [1.29, 1.82) is 0 Å². The molecule has 0 radical (unpaired) electrons. The third-order valence-corrected chi connectivity index (χ3v) is 9.58. The molecule has 0 spiro atoms. The van der Waals surface area contributed by atoms with Crippen LogP contribution in [0, 0.1) is 5.82 Å². The lowest BCUT2D eigenvalue weighted by molar-refractivity contribution is -0.130. The molecular weight excluding hydrogens is 662 g/mol. The van der Waals surface area contributed by atoms with Gasteiger partial charge in [-0.05, 0) is 77.4 Å². The lowest BCUT2D eigenvalue weighted by Crippen LogP contribution is -2.38. The fraction of sp³-hybridized carbons (Fsp3) is 0.0889. The number of halogens is 1. The van der Waals surface area contributed by atoms with Crippen LogP contribution in [0.4, 0.5) is 4.39 Å². The first-order valence-electron chi connectivity index (χ1n) is 17.4. The second kappa shape index (κ2) is 14.1. The van der Waals surface area contributed by atoms with Gasteiger partial charge in [-0.15, -0.1) is 0 Å². The molecule has 0 atom stereocenters. The van der Waals surface area contributed by atoms with Gasteiger partial charge in [-0.25, -0.2) is 9.37 Å². The number of carbonyl (C=O) groups is 1. The van der Waals surface area contributed by atoms with Crippen LogP contribution in [0.1, 0.15) is 16.7 Å². The van der Waals surface area contributed by atoms with Gasteiger partial charge >= 0.3 is 0 Å². The van der Waals surface area contributed by atoms with E-state index in [1.165, 1.54) is 17.0 Å². The van der Waals surface area contributed by atoms with E-state index in [1.54, 1.807) is 26.2 Å². The van der Waals surface area contributed by atoms with Gasteiger partial charge in [-0.3, -0.25) is 13.9 Å². The Morgan fingerprint density at radius 3 is 1.79 bits per heavy atom. The Morgan fingerprint density at radius 1 is 0.679 bits per heavy atom. The Labute approximate surface area is 307 Å². The van der Waals surface area contributed by atoms with Gasteiger partial charge in [0.25, 0.3) is 5.91 Å². The molecule has 0 aliphatic heterocycles. The predicted octanol–water partition coefficient (Wildman–Crippen LogP) is 8.98. The van der Waals surface area contributed by atoms with Gasteiger partial charge < -0.3 is 9.64 Å². The summed E-state index contributed by atoms with van der Waals surface area (Å²) in [7, 11) is 3.40. The largest absolute Gasteiger partial charge is 0.484 e. The number of benzene rings is 5. The van der Waals surface area contributed by atoms with E-state index in [0.29, 0.717) is 11.4 Å². The van der Waals surface area contributed by atoms with Crippen LogP contribution in [0.3, 0.4) is 0 Å². The minimum atomic E-state index is -0.845. The Bertz CT molecular complexity index is 2400. The van der Waals surface area contributed by atoms with E-state index in [0.717, 1.165) is 50.3 Å². The van der Waals surface area contributed by atoms with E-state index in [2.05, 4.69) is 100 Å². The summed E-state index contributed by atoms with van der Waals surface area (Å²) in [6.07, 6.45) is 6.02. The van der Waals surface area contributed by atoms with Crippen LogP contribution in [0.2, 0.25) is 0 Å². The highest BCUT2D eigenvalue weighted by Crippen LogP contribution is 2.43. The van der Waals surface area contributed by atoms with E-state index >= 15 is 0 Å². The first kappa shape index (κ1) is 33.3. The number of pyridine rings is 1. The van der Waals surface area contributed by atoms with Gasteiger partial charge in [0, 0.05) is 48.7 Å². The molecule has 0 unspecified atom stereocenters. The summed E-state index contributed by atoms with van der Waals surface area (Å²) < 4.78 is 24.1. The van der Waals surface area contributed by atoms with Crippen molar-refractivity contribution in [3.05, 3.63) is 193 Å². The normalized spacial score (nSPS) is 11.5. The van der Waals surface area contributed by atoms with Crippen molar-refractivity contribution in [3.63, 3.8) is 0 Å². The molecule has 1 amide bonds. The van der Waals surface area contributed by atoms with Gasteiger partial charge in [0.05, 0.1) is 11.9 Å². The summed E-state index contributed by atoms with van der Waals surface area (Å²) >= 11 is 0. The lowest BCUT2D eigenvalue weighted by Gasteiger charge is -2.36. The minimum Gasteiger partial charge on any atom is -0.484 e. The maximum atomic E-state index is 14.3. The molecule has 53 heavy (non-hydrogen) atoms. The molecule has 0 saturated carbocycles. The molecule has 3 heterocycles. The van der Waals surface area contributed by atoms with Crippen LogP contribution in [0.15, 0.2) is 170 Å². The second-order valence-corrected chi connectivity index (χ2v) is 13.0. The number of amides is 1. The number of nitrogens with zero attached hydrogens (tertiary/aromatic N) is 5. The first-order chi connectivity index (χ1) is 25.9.